The Bertz CT molecular complexity index is 1460. The first kappa shape index (κ1) is 25.7. The molecule has 1 saturated heterocycles. The first-order valence-electron chi connectivity index (χ1n) is 12.9. The van der Waals surface area contributed by atoms with Crippen molar-refractivity contribution in [3.05, 3.63) is 72.3 Å². The fraction of sp³-hybridized carbons (Fsp3) is 0.345. The normalized spacial score (nSPS) is 14.4. The van der Waals surface area contributed by atoms with E-state index in [4.69, 9.17) is 19.1 Å². The van der Waals surface area contributed by atoms with E-state index in [-0.39, 0.29) is 0 Å². The molecule has 4 aromatic rings. The second-order valence-electron chi connectivity index (χ2n) is 9.83. The predicted octanol–water partition coefficient (Wildman–Crippen LogP) is 4.29. The molecular formula is C29H35N7O2. The highest BCUT2D eigenvalue weighted by atomic mass is 16.5. The second-order valence-corrected chi connectivity index (χ2v) is 9.83. The van der Waals surface area contributed by atoms with Crippen LogP contribution in [0.2, 0.25) is 0 Å². The van der Waals surface area contributed by atoms with Crippen LogP contribution in [0.1, 0.15) is 17.7 Å². The van der Waals surface area contributed by atoms with E-state index >= 15 is 0 Å². The molecule has 0 bridgehead atoms. The first-order chi connectivity index (χ1) is 18.4. The number of morpholine rings is 1. The number of rotatable bonds is 9. The van der Waals surface area contributed by atoms with E-state index in [9.17, 15) is 0 Å². The second kappa shape index (κ2) is 11.2. The number of benzene rings is 1. The maximum atomic E-state index is 6.39. The zero-order chi connectivity index (χ0) is 26.6. The van der Waals surface area contributed by atoms with Crippen LogP contribution in [0.5, 0.6) is 0 Å². The molecule has 0 saturated carbocycles. The number of furan rings is 1. The highest BCUT2D eigenvalue weighted by Gasteiger charge is 2.23. The molecule has 1 N–H and O–H groups in total. The lowest BCUT2D eigenvalue weighted by Gasteiger charge is -2.27. The van der Waals surface area contributed by atoms with E-state index in [1.54, 1.807) is 4.68 Å². The van der Waals surface area contributed by atoms with Crippen molar-refractivity contribution in [3.8, 4) is 17.1 Å². The molecule has 3 aromatic heterocycles. The van der Waals surface area contributed by atoms with Crippen molar-refractivity contribution in [1.82, 2.24) is 30.0 Å². The standard InChI is InChI=1S/C29H35N7O2/c1-20-7-6-8-22(15-20)23-18-31-36(19-23)29-32-25-17-26(24(30-3)16-21(2)9-10-34(4)5)38-27(25)28(33-29)35-11-13-37-14-12-35/h6-8,15-19,30H,2,9-14H2,1,3-5H3/b24-16-. The monoisotopic (exact) mass is 513 g/mol. The summed E-state index contributed by atoms with van der Waals surface area (Å²) in [5.74, 6) is 1.93. The molecule has 0 spiro atoms. The molecule has 9 nitrogen and oxygen atoms in total. The summed E-state index contributed by atoms with van der Waals surface area (Å²) in [6.45, 7) is 9.97. The Hall–Kier alpha value is -3.95. The van der Waals surface area contributed by atoms with Crippen molar-refractivity contribution in [3.63, 3.8) is 0 Å². The highest BCUT2D eigenvalue weighted by molar-refractivity contribution is 5.88. The molecule has 0 atom stereocenters. The van der Waals surface area contributed by atoms with Crippen LogP contribution in [0.3, 0.4) is 0 Å². The summed E-state index contributed by atoms with van der Waals surface area (Å²) in [6.07, 6.45) is 6.71. The van der Waals surface area contributed by atoms with E-state index in [2.05, 4.69) is 72.1 Å². The van der Waals surface area contributed by atoms with Crippen LogP contribution >= 0.6 is 0 Å². The van der Waals surface area contributed by atoms with Crippen LogP contribution in [0.15, 0.2) is 65.4 Å². The molecule has 198 valence electrons. The van der Waals surface area contributed by atoms with Crippen molar-refractivity contribution in [1.29, 1.82) is 0 Å². The van der Waals surface area contributed by atoms with Crippen molar-refractivity contribution < 1.29 is 9.15 Å². The molecule has 0 aliphatic carbocycles. The van der Waals surface area contributed by atoms with E-state index in [0.29, 0.717) is 30.5 Å². The minimum atomic E-state index is 0.496. The lowest BCUT2D eigenvalue weighted by atomic mass is 10.1. The van der Waals surface area contributed by atoms with Gasteiger partial charge in [-0.3, -0.25) is 0 Å². The van der Waals surface area contributed by atoms with Gasteiger partial charge in [0.15, 0.2) is 17.2 Å². The molecule has 0 radical (unpaired) electrons. The molecule has 38 heavy (non-hydrogen) atoms. The number of aromatic nitrogens is 4. The Labute approximate surface area is 223 Å². The maximum Gasteiger partial charge on any atom is 0.253 e. The third kappa shape index (κ3) is 5.64. The summed E-state index contributed by atoms with van der Waals surface area (Å²) in [5, 5.41) is 7.86. The zero-order valence-electron chi connectivity index (χ0n) is 22.6. The van der Waals surface area contributed by atoms with E-state index in [0.717, 1.165) is 59.8 Å². The number of ether oxygens (including phenoxy) is 1. The van der Waals surface area contributed by atoms with Gasteiger partial charge in [0.05, 0.1) is 25.1 Å². The molecule has 1 aliphatic rings. The Kier molecular flexibility index (Phi) is 7.57. The van der Waals surface area contributed by atoms with Gasteiger partial charge in [0.2, 0.25) is 0 Å². The van der Waals surface area contributed by atoms with Crippen LogP contribution in [-0.4, -0.2) is 78.6 Å². The van der Waals surface area contributed by atoms with Gasteiger partial charge >= 0.3 is 0 Å². The molecular weight excluding hydrogens is 478 g/mol. The number of nitrogens with zero attached hydrogens (tertiary/aromatic N) is 6. The topological polar surface area (TPSA) is 84.5 Å². The minimum absolute atomic E-state index is 0.496. The van der Waals surface area contributed by atoms with Crippen LogP contribution < -0.4 is 10.2 Å². The molecule has 1 fully saturated rings. The molecule has 4 heterocycles. The fourth-order valence-corrected chi connectivity index (χ4v) is 4.44. The zero-order valence-corrected chi connectivity index (χ0v) is 22.6. The number of anilines is 1. The average molecular weight is 514 g/mol. The highest BCUT2D eigenvalue weighted by Crippen LogP contribution is 2.31. The van der Waals surface area contributed by atoms with E-state index in [1.165, 1.54) is 5.56 Å². The van der Waals surface area contributed by atoms with Crippen LogP contribution in [-0.2, 0) is 4.74 Å². The van der Waals surface area contributed by atoms with E-state index in [1.807, 2.05) is 31.6 Å². The summed E-state index contributed by atoms with van der Waals surface area (Å²) in [4.78, 5) is 14.1. The molecule has 0 unspecified atom stereocenters. The SMILES string of the molecule is C=C(/C=C(\NC)c1cc2nc(-n3cc(-c4cccc(C)c4)cn3)nc(N3CCOCC3)c2o1)CCN(C)C. The summed E-state index contributed by atoms with van der Waals surface area (Å²) < 4.78 is 13.7. The maximum absolute atomic E-state index is 6.39. The Morgan fingerprint density at radius 1 is 1.16 bits per heavy atom. The van der Waals surface area contributed by atoms with Gasteiger partial charge in [0, 0.05) is 44.5 Å². The lowest BCUT2D eigenvalue weighted by Crippen LogP contribution is -2.37. The third-order valence-corrected chi connectivity index (χ3v) is 6.55. The average Bonchev–Trinajstić information content (AvgIpc) is 3.58. The predicted molar refractivity (Wildman–Crippen MR) is 151 cm³/mol. The molecule has 9 heteroatoms. The largest absolute Gasteiger partial charge is 0.449 e. The molecule has 1 aromatic carbocycles. The Balaban J connectivity index is 1.55. The van der Waals surface area contributed by atoms with Crippen LogP contribution in [0, 0.1) is 6.92 Å². The van der Waals surface area contributed by atoms with Gasteiger partial charge in [-0.25, -0.2) is 9.67 Å². The quantitative estimate of drug-likeness (QED) is 0.332. The molecule has 0 amide bonds. The van der Waals surface area contributed by atoms with Gasteiger partial charge in [-0.1, -0.05) is 42.0 Å². The van der Waals surface area contributed by atoms with Crippen LogP contribution in [0.4, 0.5) is 5.82 Å². The summed E-state index contributed by atoms with van der Waals surface area (Å²) in [6, 6.07) is 10.3. The van der Waals surface area contributed by atoms with Crippen molar-refractivity contribution in [2.45, 2.75) is 13.3 Å². The van der Waals surface area contributed by atoms with E-state index < -0.39 is 0 Å². The number of nitrogens with one attached hydrogen (secondary N) is 1. The molecule has 1 aliphatic heterocycles. The van der Waals surface area contributed by atoms with Gasteiger partial charge in [-0.05, 0) is 39.1 Å². The minimum Gasteiger partial charge on any atom is -0.449 e. The van der Waals surface area contributed by atoms with Crippen LogP contribution in [0.25, 0.3) is 33.9 Å². The summed E-state index contributed by atoms with van der Waals surface area (Å²) >= 11 is 0. The number of aryl methyl sites for hydroxylation is 1. The summed E-state index contributed by atoms with van der Waals surface area (Å²) in [7, 11) is 6.00. The lowest BCUT2D eigenvalue weighted by molar-refractivity contribution is 0.122. The van der Waals surface area contributed by atoms with Gasteiger partial charge in [-0.2, -0.15) is 10.1 Å². The van der Waals surface area contributed by atoms with Gasteiger partial charge in [0.25, 0.3) is 5.95 Å². The molecule has 5 rings (SSSR count). The van der Waals surface area contributed by atoms with Crippen molar-refractivity contribution in [2.24, 2.45) is 0 Å². The number of fused-ring (bicyclic) bond motifs is 1. The van der Waals surface area contributed by atoms with Crippen molar-refractivity contribution in [2.75, 3.05) is 58.9 Å². The Morgan fingerprint density at radius 3 is 2.71 bits per heavy atom. The first-order valence-corrected chi connectivity index (χ1v) is 12.9. The summed E-state index contributed by atoms with van der Waals surface area (Å²) in [5.41, 5.74) is 6.55. The van der Waals surface area contributed by atoms with Gasteiger partial charge < -0.3 is 24.3 Å². The van der Waals surface area contributed by atoms with Gasteiger partial charge in [0.1, 0.15) is 5.52 Å². The van der Waals surface area contributed by atoms with Gasteiger partial charge in [-0.15, -0.1) is 0 Å². The number of hydrogen-bond acceptors (Lipinski definition) is 8. The number of hydrogen-bond donors (Lipinski definition) is 1. The van der Waals surface area contributed by atoms with Crippen molar-refractivity contribution >= 4 is 22.6 Å². The number of allylic oxidation sites excluding steroid dienone is 1. The third-order valence-electron chi connectivity index (χ3n) is 6.55. The smallest absolute Gasteiger partial charge is 0.253 e. The Morgan fingerprint density at radius 2 is 1.97 bits per heavy atom. The fourth-order valence-electron chi connectivity index (χ4n) is 4.44.